The summed E-state index contributed by atoms with van der Waals surface area (Å²) in [5, 5.41) is 12.1. The number of carboxylic acids is 1. The molecule has 0 aliphatic carbocycles. The van der Waals surface area contributed by atoms with Gasteiger partial charge < -0.3 is 15.3 Å². The number of aliphatic carboxylic acids is 1. The van der Waals surface area contributed by atoms with E-state index in [9.17, 15) is 4.79 Å². The topological polar surface area (TPSA) is 52.6 Å². The number of hydrogen-bond acceptors (Lipinski definition) is 3. The van der Waals surface area contributed by atoms with Crippen LogP contribution < -0.4 is 5.32 Å². The summed E-state index contributed by atoms with van der Waals surface area (Å²) < 4.78 is 0. The van der Waals surface area contributed by atoms with Gasteiger partial charge in [-0.15, -0.1) is 0 Å². The van der Waals surface area contributed by atoms with E-state index in [2.05, 4.69) is 24.1 Å². The van der Waals surface area contributed by atoms with Crippen LogP contribution in [0.15, 0.2) is 0 Å². The van der Waals surface area contributed by atoms with Crippen LogP contribution in [0.5, 0.6) is 0 Å². The molecule has 1 aliphatic rings. The van der Waals surface area contributed by atoms with E-state index in [0.717, 1.165) is 19.5 Å². The summed E-state index contributed by atoms with van der Waals surface area (Å²) in [6.07, 6.45) is 2.57. The molecule has 0 aromatic heterocycles. The van der Waals surface area contributed by atoms with Crippen molar-refractivity contribution in [3.8, 4) is 0 Å². The maximum atomic E-state index is 10.4. The van der Waals surface area contributed by atoms with Gasteiger partial charge in [0.25, 0.3) is 0 Å². The summed E-state index contributed by atoms with van der Waals surface area (Å²) in [6.45, 7) is 7.28. The first-order valence-electron chi connectivity index (χ1n) is 6.03. The van der Waals surface area contributed by atoms with E-state index in [0.29, 0.717) is 18.0 Å². The van der Waals surface area contributed by atoms with Crippen molar-refractivity contribution in [2.45, 2.75) is 39.2 Å². The second-order valence-electron chi connectivity index (χ2n) is 5.68. The smallest absolute Gasteiger partial charge is 0.304 e. The lowest BCUT2D eigenvalue weighted by Gasteiger charge is -2.19. The third kappa shape index (κ3) is 4.94. The molecule has 4 heteroatoms. The van der Waals surface area contributed by atoms with Gasteiger partial charge in [0.05, 0.1) is 6.42 Å². The predicted molar refractivity (Wildman–Crippen MR) is 64.6 cm³/mol. The SMILES string of the molecule is CN(CCC(=O)O)CCC1CC(C)(C)CN1. The lowest BCUT2D eigenvalue weighted by molar-refractivity contribution is -0.137. The number of hydrogen-bond donors (Lipinski definition) is 2. The molecule has 1 unspecified atom stereocenters. The van der Waals surface area contributed by atoms with Gasteiger partial charge in [-0.2, -0.15) is 0 Å². The highest BCUT2D eigenvalue weighted by Gasteiger charge is 2.29. The maximum absolute atomic E-state index is 10.4. The molecule has 1 rings (SSSR count). The highest BCUT2D eigenvalue weighted by atomic mass is 16.4. The van der Waals surface area contributed by atoms with Crippen LogP contribution in [0.25, 0.3) is 0 Å². The van der Waals surface area contributed by atoms with Gasteiger partial charge in [-0.05, 0) is 31.8 Å². The van der Waals surface area contributed by atoms with Crippen molar-refractivity contribution in [2.75, 3.05) is 26.7 Å². The van der Waals surface area contributed by atoms with Gasteiger partial charge in [0.1, 0.15) is 0 Å². The van der Waals surface area contributed by atoms with Crippen molar-refractivity contribution in [3.05, 3.63) is 0 Å². The monoisotopic (exact) mass is 228 g/mol. The van der Waals surface area contributed by atoms with Crippen LogP contribution in [0.4, 0.5) is 0 Å². The minimum Gasteiger partial charge on any atom is -0.481 e. The minimum atomic E-state index is -0.716. The van der Waals surface area contributed by atoms with Gasteiger partial charge in [0, 0.05) is 19.1 Å². The van der Waals surface area contributed by atoms with Crippen LogP contribution >= 0.6 is 0 Å². The first-order chi connectivity index (χ1) is 7.39. The predicted octanol–water partition coefficient (Wildman–Crippen LogP) is 1.17. The lowest BCUT2D eigenvalue weighted by atomic mass is 9.90. The highest BCUT2D eigenvalue weighted by molar-refractivity contribution is 5.66. The van der Waals surface area contributed by atoms with E-state index >= 15 is 0 Å². The Morgan fingerprint density at radius 1 is 1.50 bits per heavy atom. The molecule has 0 amide bonds. The molecule has 2 N–H and O–H groups in total. The zero-order valence-corrected chi connectivity index (χ0v) is 10.6. The number of rotatable bonds is 6. The summed E-state index contributed by atoms with van der Waals surface area (Å²) in [5.74, 6) is -0.716. The van der Waals surface area contributed by atoms with Crippen molar-refractivity contribution in [1.29, 1.82) is 0 Å². The fourth-order valence-electron chi connectivity index (χ4n) is 2.21. The molecule has 0 radical (unpaired) electrons. The van der Waals surface area contributed by atoms with Crippen molar-refractivity contribution < 1.29 is 9.90 Å². The summed E-state index contributed by atoms with van der Waals surface area (Å²) in [5.41, 5.74) is 0.421. The van der Waals surface area contributed by atoms with E-state index in [4.69, 9.17) is 5.11 Å². The van der Waals surface area contributed by atoms with E-state index < -0.39 is 5.97 Å². The summed E-state index contributed by atoms with van der Waals surface area (Å²) in [4.78, 5) is 12.5. The third-order valence-electron chi connectivity index (χ3n) is 3.23. The van der Waals surface area contributed by atoms with Crippen LogP contribution in [-0.4, -0.2) is 48.7 Å². The molecule has 0 aromatic carbocycles. The Hall–Kier alpha value is -0.610. The Kier molecular flexibility index (Phi) is 4.74. The fraction of sp³-hybridized carbons (Fsp3) is 0.917. The molecule has 4 nitrogen and oxygen atoms in total. The third-order valence-corrected chi connectivity index (χ3v) is 3.23. The Morgan fingerprint density at radius 3 is 2.69 bits per heavy atom. The molecule has 0 saturated carbocycles. The lowest BCUT2D eigenvalue weighted by Crippen LogP contribution is -2.29. The van der Waals surface area contributed by atoms with Crippen molar-refractivity contribution >= 4 is 5.97 Å². The molecule has 0 bridgehead atoms. The standard InChI is InChI=1S/C12H24N2O2/c1-12(2)8-10(13-9-12)4-6-14(3)7-5-11(15)16/h10,13H,4-9H2,1-3H3,(H,15,16). The zero-order valence-electron chi connectivity index (χ0n) is 10.6. The normalized spacial score (nSPS) is 23.9. The highest BCUT2D eigenvalue weighted by Crippen LogP contribution is 2.28. The molecule has 1 atom stereocenters. The number of nitrogens with one attached hydrogen (secondary N) is 1. The minimum absolute atomic E-state index is 0.236. The maximum Gasteiger partial charge on any atom is 0.304 e. The van der Waals surface area contributed by atoms with Gasteiger partial charge >= 0.3 is 5.97 Å². The van der Waals surface area contributed by atoms with Crippen LogP contribution in [0.2, 0.25) is 0 Å². The Balaban J connectivity index is 2.13. The summed E-state index contributed by atoms with van der Waals surface area (Å²) >= 11 is 0. The second kappa shape index (κ2) is 5.64. The van der Waals surface area contributed by atoms with Crippen LogP contribution in [0.3, 0.4) is 0 Å². The number of carbonyl (C=O) groups is 1. The molecule has 1 saturated heterocycles. The molecule has 94 valence electrons. The van der Waals surface area contributed by atoms with Crippen LogP contribution in [0.1, 0.15) is 33.1 Å². The Bertz CT molecular complexity index is 241. The van der Waals surface area contributed by atoms with Gasteiger partial charge in [-0.3, -0.25) is 4.79 Å². The van der Waals surface area contributed by atoms with Crippen LogP contribution in [0, 0.1) is 5.41 Å². The second-order valence-corrected chi connectivity index (χ2v) is 5.68. The van der Waals surface area contributed by atoms with E-state index in [1.807, 2.05) is 7.05 Å². The molecule has 0 aromatic rings. The van der Waals surface area contributed by atoms with Gasteiger partial charge in [-0.1, -0.05) is 13.8 Å². The molecule has 16 heavy (non-hydrogen) atoms. The van der Waals surface area contributed by atoms with Crippen LogP contribution in [-0.2, 0) is 4.79 Å². The van der Waals surface area contributed by atoms with Crippen molar-refractivity contribution in [1.82, 2.24) is 10.2 Å². The molecular formula is C12H24N2O2. The molecule has 1 heterocycles. The fourth-order valence-corrected chi connectivity index (χ4v) is 2.21. The zero-order chi connectivity index (χ0) is 12.2. The first kappa shape index (κ1) is 13.5. The summed E-state index contributed by atoms with van der Waals surface area (Å²) in [6, 6.07) is 0.599. The average molecular weight is 228 g/mol. The molecule has 0 spiro atoms. The van der Waals surface area contributed by atoms with Gasteiger partial charge in [0.2, 0.25) is 0 Å². The van der Waals surface area contributed by atoms with E-state index in [-0.39, 0.29) is 6.42 Å². The summed E-state index contributed by atoms with van der Waals surface area (Å²) in [7, 11) is 1.99. The van der Waals surface area contributed by atoms with Crippen molar-refractivity contribution in [3.63, 3.8) is 0 Å². The quantitative estimate of drug-likeness (QED) is 0.716. The van der Waals surface area contributed by atoms with Crippen molar-refractivity contribution in [2.24, 2.45) is 5.41 Å². The van der Waals surface area contributed by atoms with E-state index in [1.54, 1.807) is 0 Å². The molecular weight excluding hydrogens is 204 g/mol. The Labute approximate surface area is 98.0 Å². The largest absolute Gasteiger partial charge is 0.481 e. The van der Waals surface area contributed by atoms with Gasteiger partial charge in [-0.25, -0.2) is 0 Å². The number of carboxylic acid groups (broad SMARTS) is 1. The molecule has 1 aliphatic heterocycles. The molecule has 1 fully saturated rings. The van der Waals surface area contributed by atoms with E-state index in [1.165, 1.54) is 6.42 Å². The number of nitrogens with zero attached hydrogens (tertiary/aromatic N) is 1. The Morgan fingerprint density at radius 2 is 2.19 bits per heavy atom. The van der Waals surface area contributed by atoms with Gasteiger partial charge in [0.15, 0.2) is 0 Å². The average Bonchev–Trinajstić information content (AvgIpc) is 2.52. The first-order valence-corrected chi connectivity index (χ1v) is 6.03.